The molecule has 1 amide bonds. The number of benzene rings is 2. The van der Waals surface area contributed by atoms with Crippen molar-refractivity contribution in [2.24, 2.45) is 0 Å². The van der Waals surface area contributed by atoms with Gasteiger partial charge >= 0.3 is 0 Å². The van der Waals surface area contributed by atoms with Gasteiger partial charge in [-0.1, -0.05) is 4.47 Å². The molecule has 0 saturated carbocycles. The number of amides is 1. The number of nitrogens with zero attached hydrogens (tertiary/aromatic N) is 1. The molecule has 0 atom stereocenters. The molecular formula is C15H14F2N2O4S. The molecule has 0 radical (unpaired) electrons. The Hall–Kier alpha value is -2.36. The van der Waals surface area contributed by atoms with Gasteiger partial charge in [-0.2, -0.15) is 0 Å². The smallest absolute Gasteiger partial charge is 0.264 e. The molecule has 0 bridgehead atoms. The van der Waals surface area contributed by atoms with Gasteiger partial charge in [-0.15, -0.1) is 0 Å². The van der Waals surface area contributed by atoms with Crippen molar-refractivity contribution >= 4 is 21.6 Å². The fourth-order valence-electron chi connectivity index (χ4n) is 1.83. The zero-order chi connectivity index (χ0) is 17.9. The highest BCUT2D eigenvalue weighted by molar-refractivity contribution is 7.89. The van der Waals surface area contributed by atoms with E-state index in [9.17, 15) is 22.0 Å². The summed E-state index contributed by atoms with van der Waals surface area (Å²) in [6.07, 6.45) is 0. The van der Waals surface area contributed by atoms with E-state index >= 15 is 0 Å². The lowest BCUT2D eigenvalue weighted by atomic mass is 10.2. The summed E-state index contributed by atoms with van der Waals surface area (Å²) < 4.78 is 51.1. The minimum atomic E-state index is -3.80. The van der Waals surface area contributed by atoms with E-state index < -0.39 is 27.6 Å². The second kappa shape index (κ2) is 7.04. The first-order chi connectivity index (χ1) is 11.3. The Labute approximate surface area is 137 Å². The molecule has 0 spiro atoms. The largest absolute Gasteiger partial charge is 0.322 e. The maximum absolute atomic E-state index is 13.6. The average molecular weight is 356 g/mol. The molecular weight excluding hydrogens is 342 g/mol. The third-order valence-corrected chi connectivity index (χ3v) is 4.88. The number of hydrogen-bond donors (Lipinski definition) is 1. The third-order valence-electron chi connectivity index (χ3n) is 3.18. The molecule has 0 heterocycles. The van der Waals surface area contributed by atoms with E-state index in [0.717, 1.165) is 12.1 Å². The summed E-state index contributed by atoms with van der Waals surface area (Å²) in [7, 11) is -1.35. The predicted octanol–water partition coefficient (Wildman–Crippen LogP) is 2.40. The van der Waals surface area contributed by atoms with Gasteiger partial charge in [0.15, 0.2) is 0 Å². The van der Waals surface area contributed by atoms with Crippen molar-refractivity contribution in [3.63, 3.8) is 0 Å². The maximum atomic E-state index is 13.6. The third kappa shape index (κ3) is 3.75. The van der Waals surface area contributed by atoms with E-state index in [1.54, 1.807) is 0 Å². The highest BCUT2D eigenvalue weighted by Crippen LogP contribution is 2.18. The lowest BCUT2D eigenvalue weighted by Crippen LogP contribution is -2.25. The number of hydroxylamine groups is 1. The van der Waals surface area contributed by atoms with Gasteiger partial charge in [0, 0.05) is 18.8 Å². The Bertz CT molecular complexity index is 854. The van der Waals surface area contributed by atoms with Crippen LogP contribution in [0.3, 0.4) is 0 Å². The average Bonchev–Trinajstić information content (AvgIpc) is 2.54. The summed E-state index contributed by atoms with van der Waals surface area (Å²) >= 11 is 0. The van der Waals surface area contributed by atoms with Gasteiger partial charge in [-0.3, -0.25) is 9.63 Å². The molecule has 0 aliphatic heterocycles. The van der Waals surface area contributed by atoms with Crippen LogP contribution < -0.4 is 5.32 Å². The molecule has 24 heavy (non-hydrogen) atoms. The molecule has 1 N–H and O–H groups in total. The summed E-state index contributed by atoms with van der Waals surface area (Å²) in [5.74, 6) is -2.56. The molecule has 2 aromatic rings. The molecule has 0 saturated heterocycles. The van der Waals surface area contributed by atoms with Crippen LogP contribution in [0.25, 0.3) is 0 Å². The van der Waals surface area contributed by atoms with Gasteiger partial charge in [0.05, 0.1) is 17.6 Å². The molecule has 128 valence electrons. The number of halogens is 2. The molecule has 2 aromatic carbocycles. The van der Waals surface area contributed by atoms with Crippen LogP contribution in [0.1, 0.15) is 10.4 Å². The number of carbonyl (C=O) groups is 1. The second-order valence-electron chi connectivity index (χ2n) is 4.70. The van der Waals surface area contributed by atoms with Crippen LogP contribution >= 0.6 is 0 Å². The molecule has 0 aliphatic carbocycles. The van der Waals surface area contributed by atoms with Crippen LogP contribution in [0.2, 0.25) is 0 Å². The lowest BCUT2D eigenvalue weighted by molar-refractivity contribution is -0.0258. The van der Waals surface area contributed by atoms with Gasteiger partial charge in [0.1, 0.15) is 11.6 Å². The van der Waals surface area contributed by atoms with Crippen molar-refractivity contribution in [3.8, 4) is 0 Å². The summed E-state index contributed by atoms with van der Waals surface area (Å²) in [5.41, 5.74) is -0.0741. The first-order valence-corrected chi connectivity index (χ1v) is 8.09. The Kier molecular flexibility index (Phi) is 5.27. The van der Waals surface area contributed by atoms with Crippen LogP contribution in [-0.2, 0) is 14.9 Å². The summed E-state index contributed by atoms with van der Waals surface area (Å²) in [6.45, 7) is 0. The van der Waals surface area contributed by atoms with E-state index in [-0.39, 0.29) is 16.1 Å². The van der Waals surface area contributed by atoms with Crippen LogP contribution in [-0.4, -0.2) is 33.0 Å². The summed E-state index contributed by atoms with van der Waals surface area (Å²) in [5, 5.41) is 2.40. The Morgan fingerprint density at radius 3 is 2.29 bits per heavy atom. The van der Waals surface area contributed by atoms with Crippen LogP contribution in [0.15, 0.2) is 47.4 Å². The lowest BCUT2D eigenvalue weighted by Gasteiger charge is -2.14. The van der Waals surface area contributed by atoms with Gasteiger partial charge < -0.3 is 5.32 Å². The number of carbonyl (C=O) groups excluding carboxylic acids is 1. The van der Waals surface area contributed by atoms with Crippen molar-refractivity contribution in [1.82, 2.24) is 4.47 Å². The summed E-state index contributed by atoms with van der Waals surface area (Å²) in [6, 6.07) is 7.81. The molecule has 0 aliphatic rings. The van der Waals surface area contributed by atoms with Crippen LogP contribution in [0.5, 0.6) is 0 Å². The van der Waals surface area contributed by atoms with Gasteiger partial charge in [0.25, 0.3) is 15.9 Å². The van der Waals surface area contributed by atoms with E-state index in [2.05, 4.69) is 10.2 Å². The zero-order valence-electron chi connectivity index (χ0n) is 12.8. The van der Waals surface area contributed by atoms with Crippen molar-refractivity contribution in [2.45, 2.75) is 4.90 Å². The van der Waals surface area contributed by atoms with Gasteiger partial charge in [-0.25, -0.2) is 17.2 Å². The molecule has 0 unspecified atom stereocenters. The van der Waals surface area contributed by atoms with E-state index in [1.807, 2.05) is 0 Å². The topological polar surface area (TPSA) is 75.7 Å². The molecule has 2 rings (SSSR count). The van der Waals surface area contributed by atoms with E-state index in [1.165, 1.54) is 38.4 Å². The zero-order valence-corrected chi connectivity index (χ0v) is 13.6. The molecule has 6 nitrogen and oxygen atoms in total. The monoisotopic (exact) mass is 356 g/mol. The normalized spacial score (nSPS) is 11.5. The number of hydrogen-bond acceptors (Lipinski definition) is 4. The maximum Gasteiger partial charge on any atom is 0.264 e. The standard InChI is InChI=1S/C15H14F2N2O4S/c1-19(23-2)24(21,22)12-6-4-11(5-7-12)18-15(20)13-8-3-10(16)9-14(13)17/h3-9H,1-2H3,(H,18,20). The molecule has 0 fully saturated rings. The Balaban J connectivity index is 2.19. The highest BCUT2D eigenvalue weighted by Gasteiger charge is 2.20. The quantitative estimate of drug-likeness (QED) is 0.835. The minimum absolute atomic E-state index is 0.0437. The van der Waals surface area contributed by atoms with Crippen molar-refractivity contribution < 1.29 is 26.8 Å². The second-order valence-corrected chi connectivity index (χ2v) is 6.64. The first kappa shape index (κ1) is 18.0. The number of rotatable bonds is 5. The first-order valence-electron chi connectivity index (χ1n) is 6.65. The minimum Gasteiger partial charge on any atom is -0.322 e. The van der Waals surface area contributed by atoms with Crippen molar-refractivity contribution in [3.05, 3.63) is 59.7 Å². The fourth-order valence-corrected chi connectivity index (χ4v) is 2.80. The van der Waals surface area contributed by atoms with Crippen molar-refractivity contribution in [2.75, 3.05) is 19.5 Å². The Morgan fingerprint density at radius 2 is 1.75 bits per heavy atom. The van der Waals surface area contributed by atoms with Gasteiger partial charge in [0.2, 0.25) is 0 Å². The van der Waals surface area contributed by atoms with E-state index in [4.69, 9.17) is 0 Å². The summed E-state index contributed by atoms with van der Waals surface area (Å²) in [4.78, 5) is 16.6. The number of nitrogens with one attached hydrogen (secondary N) is 1. The van der Waals surface area contributed by atoms with Crippen molar-refractivity contribution in [1.29, 1.82) is 0 Å². The number of anilines is 1. The van der Waals surface area contributed by atoms with Crippen LogP contribution in [0, 0.1) is 11.6 Å². The molecule has 9 heteroatoms. The predicted molar refractivity (Wildman–Crippen MR) is 82.7 cm³/mol. The van der Waals surface area contributed by atoms with Crippen LogP contribution in [0.4, 0.5) is 14.5 Å². The van der Waals surface area contributed by atoms with Gasteiger partial charge in [-0.05, 0) is 36.4 Å². The fraction of sp³-hybridized carbons (Fsp3) is 0.133. The number of sulfonamides is 1. The Morgan fingerprint density at radius 1 is 1.12 bits per heavy atom. The van der Waals surface area contributed by atoms with E-state index in [0.29, 0.717) is 10.5 Å². The SMILES string of the molecule is CON(C)S(=O)(=O)c1ccc(NC(=O)c2ccc(F)cc2F)cc1. The highest BCUT2D eigenvalue weighted by atomic mass is 32.2. The molecule has 0 aromatic heterocycles.